The topological polar surface area (TPSA) is 70.7 Å². The van der Waals surface area contributed by atoms with Crippen molar-refractivity contribution in [1.29, 1.82) is 0 Å². The summed E-state index contributed by atoms with van der Waals surface area (Å²) < 4.78 is 0. The molecule has 0 saturated heterocycles. The lowest BCUT2D eigenvalue weighted by molar-refractivity contribution is 0.0755. The van der Waals surface area contributed by atoms with E-state index in [9.17, 15) is 4.79 Å². The van der Waals surface area contributed by atoms with E-state index in [1.165, 1.54) is 0 Å². The number of nitrogens with one attached hydrogen (secondary N) is 1. The second-order valence-corrected chi connectivity index (χ2v) is 6.40. The van der Waals surface area contributed by atoms with Gasteiger partial charge in [0, 0.05) is 24.3 Å². The Labute approximate surface area is 172 Å². The number of nitrogens with zero attached hydrogens (tertiary/aromatic N) is 2. The molecule has 5 nitrogen and oxygen atoms in total. The van der Waals surface area contributed by atoms with E-state index >= 15 is 0 Å². The third kappa shape index (κ3) is 6.33. The predicted molar refractivity (Wildman–Crippen MR) is 119 cm³/mol. The van der Waals surface area contributed by atoms with E-state index in [-0.39, 0.29) is 35.9 Å². The smallest absolute Gasteiger partial charge is 0.253 e. The third-order valence-corrected chi connectivity index (χ3v) is 4.02. The highest BCUT2D eigenvalue weighted by atomic mass is 127. The Bertz CT molecular complexity index is 757. The summed E-state index contributed by atoms with van der Waals surface area (Å²) in [7, 11) is 1.81. The maximum Gasteiger partial charge on any atom is 0.253 e. The van der Waals surface area contributed by atoms with Crippen molar-refractivity contribution in [3.63, 3.8) is 0 Å². The highest BCUT2D eigenvalue weighted by molar-refractivity contribution is 14.0. The SMILES string of the molecule is Cc1cccc(NC(N)=NCc2ccc(C(=O)N(C)C(C)C)cc2)c1.I. The average Bonchev–Trinajstić information content (AvgIpc) is 2.59. The number of aryl methyl sites for hydroxylation is 1. The molecule has 2 aromatic carbocycles. The maximum atomic E-state index is 12.3. The standard InChI is InChI=1S/C20H26N4O.HI/c1-14(2)24(4)19(25)17-10-8-16(9-11-17)13-22-20(21)23-18-7-5-6-15(3)12-18;/h5-12,14H,13H2,1-4H3,(H3,21,22,23);1H. The minimum atomic E-state index is 0. The number of carbonyl (C=O) groups excluding carboxylic acids is 1. The lowest BCUT2D eigenvalue weighted by Crippen LogP contribution is -2.32. The molecule has 6 heteroatoms. The molecule has 0 aliphatic carbocycles. The van der Waals surface area contributed by atoms with Crippen molar-refractivity contribution >= 4 is 41.5 Å². The first-order valence-electron chi connectivity index (χ1n) is 8.36. The fourth-order valence-electron chi connectivity index (χ4n) is 2.28. The van der Waals surface area contributed by atoms with Gasteiger partial charge in [-0.2, -0.15) is 0 Å². The van der Waals surface area contributed by atoms with E-state index in [0.717, 1.165) is 16.8 Å². The molecule has 0 aromatic heterocycles. The van der Waals surface area contributed by atoms with Gasteiger partial charge in [-0.25, -0.2) is 4.99 Å². The summed E-state index contributed by atoms with van der Waals surface area (Å²) in [6.45, 7) is 6.47. The van der Waals surface area contributed by atoms with Gasteiger partial charge in [0.2, 0.25) is 0 Å². The molecule has 26 heavy (non-hydrogen) atoms. The largest absolute Gasteiger partial charge is 0.370 e. The minimum absolute atomic E-state index is 0. The summed E-state index contributed by atoms with van der Waals surface area (Å²) in [6.07, 6.45) is 0. The molecule has 3 N–H and O–H groups in total. The molecular formula is C20H27IN4O. The lowest BCUT2D eigenvalue weighted by Gasteiger charge is -2.21. The zero-order chi connectivity index (χ0) is 18.4. The van der Waals surface area contributed by atoms with E-state index < -0.39 is 0 Å². The Morgan fingerprint density at radius 3 is 2.42 bits per heavy atom. The summed E-state index contributed by atoms with van der Waals surface area (Å²) in [4.78, 5) is 18.3. The quantitative estimate of drug-likeness (QED) is 0.397. The summed E-state index contributed by atoms with van der Waals surface area (Å²) in [6, 6.07) is 15.6. The van der Waals surface area contributed by atoms with Crippen molar-refractivity contribution in [3.05, 3.63) is 65.2 Å². The molecule has 0 saturated carbocycles. The van der Waals surface area contributed by atoms with Crippen molar-refractivity contribution in [1.82, 2.24) is 4.90 Å². The summed E-state index contributed by atoms with van der Waals surface area (Å²) in [5, 5.41) is 3.08. The van der Waals surface area contributed by atoms with Gasteiger partial charge in [-0.15, -0.1) is 24.0 Å². The van der Waals surface area contributed by atoms with Gasteiger partial charge in [0.1, 0.15) is 0 Å². The normalized spacial score (nSPS) is 11.0. The molecule has 2 rings (SSSR count). The van der Waals surface area contributed by atoms with Gasteiger partial charge < -0.3 is 16.0 Å². The third-order valence-electron chi connectivity index (χ3n) is 4.02. The number of aliphatic imine (C=N–C) groups is 1. The molecule has 0 aliphatic rings. The number of hydrogen-bond acceptors (Lipinski definition) is 2. The number of amides is 1. The Morgan fingerprint density at radius 2 is 1.85 bits per heavy atom. The molecule has 0 atom stereocenters. The Morgan fingerprint density at radius 1 is 1.19 bits per heavy atom. The molecule has 2 aromatic rings. The van der Waals surface area contributed by atoms with Crippen LogP contribution in [-0.4, -0.2) is 29.9 Å². The van der Waals surface area contributed by atoms with Gasteiger partial charge in [-0.05, 0) is 56.2 Å². The second-order valence-electron chi connectivity index (χ2n) is 6.40. The van der Waals surface area contributed by atoms with Crippen LogP contribution in [0.1, 0.15) is 35.3 Å². The van der Waals surface area contributed by atoms with E-state index in [2.05, 4.69) is 10.3 Å². The van der Waals surface area contributed by atoms with Gasteiger partial charge in [0.05, 0.1) is 6.54 Å². The number of rotatable bonds is 5. The fourth-order valence-corrected chi connectivity index (χ4v) is 2.28. The van der Waals surface area contributed by atoms with Crippen molar-refractivity contribution in [2.75, 3.05) is 12.4 Å². The lowest BCUT2D eigenvalue weighted by atomic mass is 10.1. The molecule has 0 fully saturated rings. The van der Waals surface area contributed by atoms with Crippen LogP contribution in [0.3, 0.4) is 0 Å². The summed E-state index contributed by atoms with van der Waals surface area (Å²) in [5.74, 6) is 0.385. The highest BCUT2D eigenvalue weighted by Gasteiger charge is 2.13. The Balaban J connectivity index is 0.00000338. The van der Waals surface area contributed by atoms with Gasteiger partial charge in [0.25, 0.3) is 5.91 Å². The molecule has 0 bridgehead atoms. The monoisotopic (exact) mass is 466 g/mol. The van der Waals surface area contributed by atoms with E-state index in [1.807, 2.05) is 76.3 Å². The maximum absolute atomic E-state index is 12.3. The number of nitrogens with two attached hydrogens (primary N) is 1. The predicted octanol–water partition coefficient (Wildman–Crippen LogP) is 4.02. The molecule has 0 heterocycles. The van der Waals surface area contributed by atoms with Crippen molar-refractivity contribution in [2.45, 2.75) is 33.4 Å². The van der Waals surface area contributed by atoms with Crippen molar-refractivity contribution in [2.24, 2.45) is 10.7 Å². The van der Waals surface area contributed by atoms with Gasteiger partial charge >= 0.3 is 0 Å². The number of carbonyl (C=O) groups is 1. The van der Waals surface area contributed by atoms with Crippen LogP contribution in [0.5, 0.6) is 0 Å². The van der Waals surface area contributed by atoms with E-state index in [1.54, 1.807) is 4.90 Å². The van der Waals surface area contributed by atoms with Gasteiger partial charge in [-0.3, -0.25) is 4.79 Å². The molecular weight excluding hydrogens is 439 g/mol. The summed E-state index contributed by atoms with van der Waals surface area (Å²) in [5.41, 5.74) is 9.68. The van der Waals surface area contributed by atoms with Crippen LogP contribution in [-0.2, 0) is 6.54 Å². The Hall–Kier alpha value is -2.09. The number of benzene rings is 2. The van der Waals surface area contributed by atoms with Crippen molar-refractivity contribution < 1.29 is 4.79 Å². The number of guanidine groups is 1. The molecule has 1 amide bonds. The first-order valence-corrected chi connectivity index (χ1v) is 8.36. The van der Waals surface area contributed by atoms with Crippen LogP contribution < -0.4 is 11.1 Å². The molecule has 0 spiro atoms. The number of hydrogen-bond donors (Lipinski definition) is 2. The summed E-state index contributed by atoms with van der Waals surface area (Å²) >= 11 is 0. The zero-order valence-electron chi connectivity index (χ0n) is 15.7. The fraction of sp³-hybridized carbons (Fsp3) is 0.300. The van der Waals surface area contributed by atoms with Crippen LogP contribution in [0, 0.1) is 6.92 Å². The first kappa shape index (κ1) is 22.0. The zero-order valence-corrected chi connectivity index (χ0v) is 18.0. The van der Waals surface area contributed by atoms with Crippen molar-refractivity contribution in [3.8, 4) is 0 Å². The van der Waals surface area contributed by atoms with E-state index in [4.69, 9.17) is 5.73 Å². The highest BCUT2D eigenvalue weighted by Crippen LogP contribution is 2.11. The molecule has 0 radical (unpaired) electrons. The van der Waals surface area contributed by atoms with Crippen LogP contribution in [0.2, 0.25) is 0 Å². The van der Waals surface area contributed by atoms with Crippen LogP contribution in [0.4, 0.5) is 5.69 Å². The van der Waals surface area contributed by atoms with Gasteiger partial charge in [0.15, 0.2) is 5.96 Å². The van der Waals surface area contributed by atoms with Gasteiger partial charge in [-0.1, -0.05) is 24.3 Å². The van der Waals surface area contributed by atoms with Crippen LogP contribution in [0.25, 0.3) is 0 Å². The molecule has 140 valence electrons. The van der Waals surface area contributed by atoms with E-state index in [0.29, 0.717) is 18.1 Å². The average molecular weight is 466 g/mol. The number of anilines is 1. The molecule has 0 aliphatic heterocycles. The first-order chi connectivity index (χ1) is 11.9. The second kappa shape index (κ2) is 10.2. The minimum Gasteiger partial charge on any atom is -0.370 e. The number of halogens is 1. The molecule has 0 unspecified atom stereocenters. The van der Waals surface area contributed by atoms with Crippen LogP contribution >= 0.6 is 24.0 Å². The van der Waals surface area contributed by atoms with Crippen LogP contribution in [0.15, 0.2) is 53.5 Å². The Kier molecular flexibility index (Phi) is 8.57.